The van der Waals surface area contributed by atoms with Crippen LogP contribution in [0.2, 0.25) is 0 Å². The number of rotatable bonds is 4. The van der Waals surface area contributed by atoms with Gasteiger partial charge in [-0.2, -0.15) is 0 Å². The molecule has 5 heteroatoms. The van der Waals surface area contributed by atoms with Crippen molar-refractivity contribution < 1.29 is 9.90 Å². The maximum absolute atomic E-state index is 11.8. The summed E-state index contributed by atoms with van der Waals surface area (Å²) in [5.74, 6) is -0.975. The second kappa shape index (κ2) is 4.33. The average Bonchev–Trinajstić information content (AvgIpc) is 2.43. The highest BCUT2D eigenvalue weighted by molar-refractivity contribution is 5.70. The van der Waals surface area contributed by atoms with Crippen molar-refractivity contribution in [2.24, 2.45) is 0 Å². The van der Waals surface area contributed by atoms with E-state index >= 15 is 0 Å². The molecule has 1 aromatic heterocycles. The largest absolute Gasteiger partial charge is 0.481 e. The van der Waals surface area contributed by atoms with E-state index in [1.807, 2.05) is 20.8 Å². The van der Waals surface area contributed by atoms with Crippen LogP contribution >= 0.6 is 0 Å². The minimum atomic E-state index is -0.975. The van der Waals surface area contributed by atoms with Crippen LogP contribution in [0.25, 0.3) is 0 Å². The first-order valence-corrected chi connectivity index (χ1v) is 5.01. The zero-order valence-electron chi connectivity index (χ0n) is 9.20. The summed E-state index contributed by atoms with van der Waals surface area (Å²) in [5.41, 5.74) is 0.874. The van der Waals surface area contributed by atoms with Crippen molar-refractivity contribution in [3.05, 3.63) is 21.6 Å². The number of hydrogen-bond donors (Lipinski definition) is 2. The summed E-state index contributed by atoms with van der Waals surface area (Å²) in [6.07, 6.45) is 0.426. The number of aromatic amines is 1. The van der Waals surface area contributed by atoms with Gasteiger partial charge in [-0.1, -0.05) is 6.92 Å². The molecule has 0 saturated carbocycles. The molecule has 0 atom stereocenters. The van der Waals surface area contributed by atoms with Gasteiger partial charge in [0.25, 0.3) is 5.56 Å². The summed E-state index contributed by atoms with van der Waals surface area (Å²) in [7, 11) is 0. The minimum absolute atomic E-state index is 0.0188. The van der Waals surface area contributed by atoms with Crippen molar-refractivity contribution in [1.82, 2.24) is 9.78 Å². The van der Waals surface area contributed by atoms with Gasteiger partial charge in [-0.15, -0.1) is 0 Å². The quantitative estimate of drug-likeness (QED) is 0.780. The van der Waals surface area contributed by atoms with Gasteiger partial charge >= 0.3 is 5.97 Å². The van der Waals surface area contributed by atoms with Crippen molar-refractivity contribution in [2.75, 3.05) is 0 Å². The zero-order valence-corrected chi connectivity index (χ0v) is 9.20. The predicted molar refractivity (Wildman–Crippen MR) is 56.2 cm³/mol. The third kappa shape index (κ3) is 2.29. The molecule has 1 rings (SSSR count). The fourth-order valence-corrected chi connectivity index (χ4v) is 1.53. The van der Waals surface area contributed by atoms with Crippen LogP contribution in [0.1, 0.15) is 38.1 Å². The van der Waals surface area contributed by atoms with Gasteiger partial charge in [-0.3, -0.25) is 19.4 Å². The number of carbonyl (C=O) groups is 1. The van der Waals surface area contributed by atoms with Crippen LogP contribution in [-0.2, 0) is 17.6 Å². The average molecular weight is 212 g/mol. The number of nitrogens with zero attached hydrogens (tertiary/aromatic N) is 1. The molecule has 5 nitrogen and oxygen atoms in total. The third-order valence-electron chi connectivity index (χ3n) is 2.29. The number of carboxylic acids is 1. The number of aryl methyl sites for hydroxylation is 1. The first-order chi connectivity index (χ1) is 6.97. The Hall–Kier alpha value is -1.52. The molecule has 0 aromatic carbocycles. The van der Waals surface area contributed by atoms with Crippen LogP contribution in [0.15, 0.2) is 4.79 Å². The lowest BCUT2D eigenvalue weighted by molar-refractivity contribution is -0.136. The molecule has 0 saturated heterocycles. The predicted octanol–water partition coefficient (Wildman–Crippen LogP) is 0.947. The molecule has 0 aliphatic rings. The van der Waals surface area contributed by atoms with Crippen LogP contribution in [-0.4, -0.2) is 20.9 Å². The molecule has 2 N–H and O–H groups in total. The highest BCUT2D eigenvalue weighted by atomic mass is 16.4. The van der Waals surface area contributed by atoms with Gasteiger partial charge in [0, 0.05) is 11.7 Å². The van der Waals surface area contributed by atoms with E-state index in [0.717, 1.165) is 5.69 Å². The van der Waals surface area contributed by atoms with Crippen LogP contribution in [0.3, 0.4) is 0 Å². The number of nitrogens with one attached hydrogen (secondary N) is 1. The number of H-pyrrole nitrogens is 1. The van der Waals surface area contributed by atoms with Crippen molar-refractivity contribution in [2.45, 2.75) is 39.7 Å². The molecule has 15 heavy (non-hydrogen) atoms. The van der Waals surface area contributed by atoms with E-state index in [1.165, 1.54) is 4.68 Å². The first kappa shape index (κ1) is 11.6. The Bertz CT molecular complexity index is 415. The summed E-state index contributed by atoms with van der Waals surface area (Å²) in [6.45, 7) is 5.64. The molecule has 0 amide bonds. The molecule has 1 heterocycles. The lowest BCUT2D eigenvalue weighted by atomic mass is 10.1. The van der Waals surface area contributed by atoms with Crippen LogP contribution < -0.4 is 5.56 Å². The Kier molecular flexibility index (Phi) is 3.34. The highest BCUT2D eigenvalue weighted by Crippen LogP contribution is 2.07. The van der Waals surface area contributed by atoms with Crippen molar-refractivity contribution >= 4 is 5.97 Å². The summed E-state index contributed by atoms with van der Waals surface area (Å²) in [6, 6.07) is 0.0188. The van der Waals surface area contributed by atoms with Gasteiger partial charge in [-0.05, 0) is 20.3 Å². The van der Waals surface area contributed by atoms with E-state index in [4.69, 9.17) is 5.11 Å². The van der Waals surface area contributed by atoms with E-state index in [2.05, 4.69) is 5.10 Å². The van der Waals surface area contributed by atoms with Crippen molar-refractivity contribution in [3.63, 3.8) is 0 Å². The monoisotopic (exact) mass is 212 g/mol. The van der Waals surface area contributed by atoms with Gasteiger partial charge in [0.2, 0.25) is 0 Å². The molecule has 0 aliphatic heterocycles. The van der Waals surface area contributed by atoms with Gasteiger partial charge in [0.1, 0.15) is 0 Å². The molecule has 0 fully saturated rings. The summed E-state index contributed by atoms with van der Waals surface area (Å²) in [4.78, 5) is 22.4. The third-order valence-corrected chi connectivity index (χ3v) is 2.29. The van der Waals surface area contributed by atoms with Crippen LogP contribution in [0.5, 0.6) is 0 Å². The van der Waals surface area contributed by atoms with E-state index < -0.39 is 5.97 Å². The smallest absolute Gasteiger partial charge is 0.308 e. The Morgan fingerprint density at radius 1 is 1.53 bits per heavy atom. The minimum Gasteiger partial charge on any atom is -0.481 e. The maximum Gasteiger partial charge on any atom is 0.308 e. The second-order valence-corrected chi connectivity index (χ2v) is 3.76. The molecule has 1 aromatic rings. The molecule has 0 spiro atoms. The molecule has 0 unspecified atom stereocenters. The number of aliphatic carboxylic acids is 1. The molecule has 84 valence electrons. The lowest BCUT2D eigenvalue weighted by Gasteiger charge is -2.03. The van der Waals surface area contributed by atoms with Crippen molar-refractivity contribution in [1.29, 1.82) is 0 Å². The Morgan fingerprint density at radius 3 is 2.53 bits per heavy atom. The van der Waals surface area contributed by atoms with E-state index in [0.29, 0.717) is 12.0 Å². The molecular formula is C10H16N2O3. The number of aromatic nitrogens is 2. The summed E-state index contributed by atoms with van der Waals surface area (Å²) in [5, 5.41) is 11.6. The van der Waals surface area contributed by atoms with Gasteiger partial charge in [0.05, 0.1) is 12.0 Å². The molecule has 0 aliphatic carbocycles. The Morgan fingerprint density at radius 2 is 2.13 bits per heavy atom. The fraction of sp³-hybridized carbons (Fsp3) is 0.600. The highest BCUT2D eigenvalue weighted by Gasteiger charge is 2.16. The Balaban J connectivity index is 3.23. The SMILES string of the molecule is CCc1[nH]n(C(C)C)c(=O)c1CC(=O)O. The van der Waals surface area contributed by atoms with E-state index in [9.17, 15) is 9.59 Å². The van der Waals surface area contributed by atoms with E-state index in [1.54, 1.807) is 0 Å². The summed E-state index contributed by atoms with van der Waals surface area (Å²) < 4.78 is 1.47. The second-order valence-electron chi connectivity index (χ2n) is 3.76. The van der Waals surface area contributed by atoms with Crippen molar-refractivity contribution in [3.8, 4) is 0 Å². The summed E-state index contributed by atoms with van der Waals surface area (Å²) >= 11 is 0. The Labute approximate surface area is 87.7 Å². The zero-order chi connectivity index (χ0) is 11.6. The molecule has 0 radical (unpaired) electrons. The first-order valence-electron chi connectivity index (χ1n) is 5.01. The number of carboxylic acid groups (broad SMARTS) is 1. The van der Waals surface area contributed by atoms with Crippen LogP contribution in [0, 0.1) is 0 Å². The normalized spacial score (nSPS) is 10.9. The van der Waals surface area contributed by atoms with Gasteiger partial charge < -0.3 is 5.11 Å². The van der Waals surface area contributed by atoms with Crippen LogP contribution in [0.4, 0.5) is 0 Å². The molecular weight excluding hydrogens is 196 g/mol. The standard InChI is InChI=1S/C10H16N2O3/c1-4-8-7(5-9(13)14)10(15)12(11-8)6(2)3/h6,11H,4-5H2,1-3H3,(H,13,14). The lowest BCUT2D eigenvalue weighted by Crippen LogP contribution is -2.22. The maximum atomic E-state index is 11.8. The fourth-order valence-electron chi connectivity index (χ4n) is 1.53. The van der Waals surface area contributed by atoms with E-state index in [-0.39, 0.29) is 18.0 Å². The number of hydrogen-bond acceptors (Lipinski definition) is 2. The topological polar surface area (TPSA) is 75.1 Å². The van der Waals surface area contributed by atoms with Gasteiger partial charge in [-0.25, -0.2) is 0 Å². The van der Waals surface area contributed by atoms with Gasteiger partial charge in [0.15, 0.2) is 0 Å². The molecule has 0 bridgehead atoms.